The number of rotatable bonds is 9. The van der Waals surface area contributed by atoms with E-state index in [1.165, 1.54) is 17.7 Å². The second kappa shape index (κ2) is 10.1. The Labute approximate surface area is 163 Å². The van der Waals surface area contributed by atoms with Crippen molar-refractivity contribution in [3.63, 3.8) is 0 Å². The zero-order valence-electron chi connectivity index (χ0n) is 15.9. The van der Waals surface area contributed by atoms with Crippen molar-refractivity contribution < 1.29 is 23.9 Å². The first-order chi connectivity index (χ1) is 13.4. The van der Waals surface area contributed by atoms with Crippen molar-refractivity contribution in [2.45, 2.75) is 26.2 Å². The third-order valence-electron chi connectivity index (χ3n) is 4.24. The SMILES string of the molecule is CC[C@@H](C)c1ccc(NC(=O)COC(=O)COc2ccccc2C(N)=O)cc1. The van der Waals surface area contributed by atoms with Gasteiger partial charge in [0.2, 0.25) is 0 Å². The van der Waals surface area contributed by atoms with Gasteiger partial charge in [-0.2, -0.15) is 0 Å². The van der Waals surface area contributed by atoms with E-state index in [4.69, 9.17) is 15.2 Å². The third kappa shape index (κ3) is 6.12. The van der Waals surface area contributed by atoms with Gasteiger partial charge in [0.25, 0.3) is 11.8 Å². The first kappa shape index (κ1) is 21.0. The van der Waals surface area contributed by atoms with Crippen molar-refractivity contribution in [2.24, 2.45) is 5.73 Å². The molecule has 0 fully saturated rings. The van der Waals surface area contributed by atoms with Crippen LogP contribution in [0.1, 0.15) is 42.1 Å². The van der Waals surface area contributed by atoms with Crippen LogP contribution < -0.4 is 15.8 Å². The van der Waals surface area contributed by atoms with Gasteiger partial charge in [-0.3, -0.25) is 9.59 Å². The summed E-state index contributed by atoms with van der Waals surface area (Å²) in [6.45, 7) is 3.37. The number of amides is 2. The molecule has 0 spiro atoms. The molecule has 28 heavy (non-hydrogen) atoms. The lowest BCUT2D eigenvalue weighted by Crippen LogP contribution is -2.24. The molecule has 7 nitrogen and oxygen atoms in total. The van der Waals surface area contributed by atoms with E-state index in [1.807, 2.05) is 24.3 Å². The average molecular weight is 384 g/mol. The molecule has 3 N–H and O–H groups in total. The second-order valence-electron chi connectivity index (χ2n) is 6.29. The van der Waals surface area contributed by atoms with Gasteiger partial charge in [0, 0.05) is 5.69 Å². The van der Waals surface area contributed by atoms with E-state index < -0.39 is 31.0 Å². The van der Waals surface area contributed by atoms with Gasteiger partial charge >= 0.3 is 5.97 Å². The highest BCUT2D eigenvalue weighted by molar-refractivity contribution is 5.95. The van der Waals surface area contributed by atoms with E-state index in [2.05, 4.69) is 19.2 Å². The van der Waals surface area contributed by atoms with Crippen LogP contribution in [-0.4, -0.2) is 31.0 Å². The molecule has 2 aromatic carbocycles. The summed E-state index contributed by atoms with van der Waals surface area (Å²) in [5.74, 6) is -1.23. The fourth-order valence-corrected chi connectivity index (χ4v) is 2.45. The highest BCUT2D eigenvalue weighted by Gasteiger charge is 2.12. The summed E-state index contributed by atoms with van der Waals surface area (Å²) in [6.07, 6.45) is 1.04. The zero-order chi connectivity index (χ0) is 20.5. The topological polar surface area (TPSA) is 108 Å². The van der Waals surface area contributed by atoms with Crippen LogP contribution in [0.4, 0.5) is 5.69 Å². The van der Waals surface area contributed by atoms with E-state index in [9.17, 15) is 14.4 Å². The molecule has 148 valence electrons. The molecule has 0 aliphatic rings. The summed E-state index contributed by atoms with van der Waals surface area (Å²) in [5.41, 5.74) is 7.22. The molecule has 0 radical (unpaired) electrons. The van der Waals surface area contributed by atoms with Gasteiger partial charge in [0.05, 0.1) is 5.56 Å². The predicted octanol–water partition coefficient (Wildman–Crippen LogP) is 2.86. The van der Waals surface area contributed by atoms with E-state index in [0.717, 1.165) is 6.42 Å². The molecule has 0 aliphatic heterocycles. The van der Waals surface area contributed by atoms with Crippen LogP contribution in [0.25, 0.3) is 0 Å². The minimum Gasteiger partial charge on any atom is -0.481 e. The Morgan fingerprint density at radius 1 is 1.04 bits per heavy atom. The van der Waals surface area contributed by atoms with Gasteiger partial charge in [0.1, 0.15) is 5.75 Å². The highest BCUT2D eigenvalue weighted by Crippen LogP contribution is 2.20. The molecule has 1 atom stereocenters. The summed E-state index contributed by atoms with van der Waals surface area (Å²) in [7, 11) is 0. The van der Waals surface area contributed by atoms with E-state index in [1.54, 1.807) is 12.1 Å². The summed E-state index contributed by atoms with van der Waals surface area (Å²) < 4.78 is 10.1. The summed E-state index contributed by atoms with van der Waals surface area (Å²) in [6, 6.07) is 13.8. The second-order valence-corrected chi connectivity index (χ2v) is 6.29. The number of primary amides is 1. The Morgan fingerprint density at radius 3 is 2.36 bits per heavy atom. The van der Waals surface area contributed by atoms with Crippen molar-refractivity contribution in [3.05, 3.63) is 59.7 Å². The molecule has 0 aromatic heterocycles. The number of nitrogens with two attached hydrogens (primary N) is 1. The third-order valence-corrected chi connectivity index (χ3v) is 4.24. The monoisotopic (exact) mass is 384 g/mol. The molecule has 0 aliphatic carbocycles. The van der Waals surface area contributed by atoms with Crippen molar-refractivity contribution in [2.75, 3.05) is 18.5 Å². The molecule has 0 heterocycles. The van der Waals surface area contributed by atoms with Crippen LogP contribution >= 0.6 is 0 Å². The minimum absolute atomic E-state index is 0.161. The summed E-state index contributed by atoms with van der Waals surface area (Å²) >= 11 is 0. The van der Waals surface area contributed by atoms with Gasteiger partial charge in [-0.25, -0.2) is 4.79 Å². The predicted molar refractivity (Wildman–Crippen MR) is 105 cm³/mol. The minimum atomic E-state index is -0.735. The van der Waals surface area contributed by atoms with Gasteiger partial charge in [-0.1, -0.05) is 38.1 Å². The highest BCUT2D eigenvalue weighted by atomic mass is 16.6. The van der Waals surface area contributed by atoms with Gasteiger partial charge in [-0.05, 0) is 42.2 Å². The Balaban J connectivity index is 1.78. The fourth-order valence-electron chi connectivity index (χ4n) is 2.45. The Bertz CT molecular complexity index is 833. The molecule has 7 heteroatoms. The maximum absolute atomic E-state index is 11.9. The summed E-state index contributed by atoms with van der Waals surface area (Å²) in [4.78, 5) is 35.0. The van der Waals surface area contributed by atoms with Crippen LogP contribution in [0.5, 0.6) is 5.75 Å². The molecule has 2 aromatic rings. The normalized spacial score (nSPS) is 11.4. The lowest BCUT2D eigenvalue weighted by Gasteiger charge is -2.11. The smallest absolute Gasteiger partial charge is 0.344 e. The average Bonchev–Trinajstić information content (AvgIpc) is 2.70. The number of para-hydroxylation sites is 1. The quantitative estimate of drug-likeness (QED) is 0.647. The number of anilines is 1. The van der Waals surface area contributed by atoms with Crippen LogP contribution in [0.3, 0.4) is 0 Å². The number of hydrogen-bond donors (Lipinski definition) is 2. The number of carbonyl (C=O) groups excluding carboxylic acids is 3. The Hall–Kier alpha value is -3.35. The number of carbonyl (C=O) groups is 3. The maximum Gasteiger partial charge on any atom is 0.344 e. The molecular weight excluding hydrogens is 360 g/mol. The Kier molecular flexibility index (Phi) is 7.56. The van der Waals surface area contributed by atoms with Crippen LogP contribution in [0.2, 0.25) is 0 Å². The van der Waals surface area contributed by atoms with Gasteiger partial charge in [-0.15, -0.1) is 0 Å². The number of esters is 1. The molecule has 0 saturated carbocycles. The van der Waals surface area contributed by atoms with E-state index in [0.29, 0.717) is 11.6 Å². The van der Waals surface area contributed by atoms with E-state index in [-0.39, 0.29) is 11.3 Å². The van der Waals surface area contributed by atoms with Gasteiger partial charge in [0.15, 0.2) is 13.2 Å². The van der Waals surface area contributed by atoms with Crippen LogP contribution in [-0.2, 0) is 14.3 Å². The summed E-state index contributed by atoms with van der Waals surface area (Å²) in [5, 5.41) is 2.66. The number of hydrogen-bond acceptors (Lipinski definition) is 5. The molecule has 0 bridgehead atoms. The van der Waals surface area contributed by atoms with Crippen LogP contribution in [0, 0.1) is 0 Å². The van der Waals surface area contributed by atoms with Crippen molar-refractivity contribution in [1.29, 1.82) is 0 Å². The number of nitrogens with one attached hydrogen (secondary N) is 1. The van der Waals surface area contributed by atoms with E-state index >= 15 is 0 Å². The maximum atomic E-state index is 11.9. The zero-order valence-corrected chi connectivity index (χ0v) is 15.9. The standard InChI is InChI=1S/C21H24N2O5/c1-3-14(2)15-8-10-16(11-9-15)23-19(24)12-28-20(25)13-27-18-7-5-4-6-17(18)21(22)26/h4-11,14H,3,12-13H2,1-2H3,(H2,22,26)(H,23,24)/t14-/m1/s1. The lowest BCUT2D eigenvalue weighted by molar-refractivity contribution is -0.149. The largest absolute Gasteiger partial charge is 0.481 e. The molecular formula is C21H24N2O5. The number of benzene rings is 2. The van der Waals surface area contributed by atoms with Crippen molar-refractivity contribution in [1.82, 2.24) is 0 Å². The van der Waals surface area contributed by atoms with Crippen LogP contribution in [0.15, 0.2) is 48.5 Å². The van der Waals surface area contributed by atoms with Gasteiger partial charge < -0.3 is 20.5 Å². The van der Waals surface area contributed by atoms with Crippen molar-refractivity contribution >= 4 is 23.5 Å². The number of ether oxygens (including phenoxy) is 2. The lowest BCUT2D eigenvalue weighted by atomic mass is 9.99. The fraction of sp³-hybridized carbons (Fsp3) is 0.286. The first-order valence-corrected chi connectivity index (χ1v) is 8.97. The Morgan fingerprint density at radius 2 is 1.71 bits per heavy atom. The first-order valence-electron chi connectivity index (χ1n) is 8.97. The molecule has 2 rings (SSSR count). The molecule has 0 unspecified atom stereocenters. The van der Waals surface area contributed by atoms with Crippen molar-refractivity contribution in [3.8, 4) is 5.75 Å². The molecule has 0 saturated heterocycles. The molecule has 2 amide bonds.